The van der Waals surface area contributed by atoms with Gasteiger partial charge >= 0.3 is 0 Å². The Morgan fingerprint density at radius 2 is 1.93 bits per heavy atom. The minimum Gasteiger partial charge on any atom is -0.313 e. The molecule has 14 heavy (non-hydrogen) atoms. The zero-order chi connectivity index (χ0) is 10.6. The number of nitrogens with one attached hydrogen (secondary N) is 1. The molecule has 1 nitrogen and oxygen atoms in total. The third kappa shape index (κ3) is 2.36. The standard InChI is InChI=1S/C13H21N/c1-5-10(2)13(14-4)12-9-7-6-8-11(12)3/h6-10,13-14H,5H2,1-4H3. The van der Waals surface area contributed by atoms with E-state index < -0.39 is 0 Å². The van der Waals surface area contributed by atoms with Crippen LogP contribution < -0.4 is 5.32 Å². The van der Waals surface area contributed by atoms with Crippen LogP contribution in [0.5, 0.6) is 0 Å². The molecule has 0 aliphatic rings. The Hall–Kier alpha value is -0.820. The maximum absolute atomic E-state index is 3.41. The van der Waals surface area contributed by atoms with Crippen LogP contribution in [-0.2, 0) is 0 Å². The summed E-state index contributed by atoms with van der Waals surface area (Å²) in [6, 6.07) is 9.11. The molecular formula is C13H21N. The largest absolute Gasteiger partial charge is 0.313 e. The summed E-state index contributed by atoms with van der Waals surface area (Å²) >= 11 is 0. The van der Waals surface area contributed by atoms with E-state index in [4.69, 9.17) is 0 Å². The van der Waals surface area contributed by atoms with Crippen molar-refractivity contribution in [2.24, 2.45) is 5.92 Å². The van der Waals surface area contributed by atoms with Gasteiger partial charge in [0.05, 0.1) is 0 Å². The number of hydrogen-bond donors (Lipinski definition) is 1. The Bertz CT molecular complexity index is 280. The molecule has 2 unspecified atom stereocenters. The summed E-state index contributed by atoms with van der Waals surface area (Å²) in [6.45, 7) is 6.73. The maximum Gasteiger partial charge on any atom is 0.0346 e. The van der Waals surface area contributed by atoms with E-state index in [1.807, 2.05) is 7.05 Å². The molecule has 0 aliphatic heterocycles. The molecule has 0 amide bonds. The highest BCUT2D eigenvalue weighted by Gasteiger charge is 2.16. The van der Waals surface area contributed by atoms with Crippen molar-refractivity contribution in [3.63, 3.8) is 0 Å². The fourth-order valence-electron chi connectivity index (χ4n) is 1.92. The Morgan fingerprint density at radius 1 is 1.29 bits per heavy atom. The topological polar surface area (TPSA) is 12.0 Å². The lowest BCUT2D eigenvalue weighted by Crippen LogP contribution is -2.23. The summed E-state index contributed by atoms with van der Waals surface area (Å²) in [6.07, 6.45) is 1.21. The normalized spacial score (nSPS) is 15.1. The monoisotopic (exact) mass is 191 g/mol. The van der Waals surface area contributed by atoms with Crippen molar-refractivity contribution in [3.05, 3.63) is 35.4 Å². The van der Waals surface area contributed by atoms with Crippen molar-refractivity contribution in [1.29, 1.82) is 0 Å². The van der Waals surface area contributed by atoms with Gasteiger partial charge in [-0.1, -0.05) is 44.5 Å². The van der Waals surface area contributed by atoms with Gasteiger partial charge in [0.25, 0.3) is 0 Å². The first-order chi connectivity index (χ1) is 6.70. The zero-order valence-corrected chi connectivity index (χ0v) is 9.67. The quantitative estimate of drug-likeness (QED) is 0.770. The molecule has 0 bridgehead atoms. The van der Waals surface area contributed by atoms with Crippen molar-refractivity contribution >= 4 is 0 Å². The average molecular weight is 191 g/mol. The highest BCUT2D eigenvalue weighted by atomic mass is 14.9. The van der Waals surface area contributed by atoms with Gasteiger partial charge in [0, 0.05) is 6.04 Å². The van der Waals surface area contributed by atoms with Gasteiger partial charge in [0.2, 0.25) is 0 Å². The van der Waals surface area contributed by atoms with Crippen LogP contribution >= 0.6 is 0 Å². The second-order valence-electron chi connectivity index (χ2n) is 4.01. The van der Waals surface area contributed by atoms with E-state index in [-0.39, 0.29) is 0 Å². The Morgan fingerprint density at radius 3 is 2.43 bits per heavy atom. The van der Waals surface area contributed by atoms with Gasteiger partial charge in [-0.15, -0.1) is 0 Å². The van der Waals surface area contributed by atoms with Crippen LogP contribution in [0.2, 0.25) is 0 Å². The molecule has 1 rings (SSSR count). The van der Waals surface area contributed by atoms with Crippen LogP contribution in [0.4, 0.5) is 0 Å². The smallest absolute Gasteiger partial charge is 0.0346 e. The SMILES string of the molecule is CCC(C)C(NC)c1ccccc1C. The van der Waals surface area contributed by atoms with E-state index >= 15 is 0 Å². The van der Waals surface area contributed by atoms with E-state index in [9.17, 15) is 0 Å². The lowest BCUT2D eigenvalue weighted by Gasteiger charge is -2.24. The minimum atomic E-state index is 0.487. The van der Waals surface area contributed by atoms with E-state index in [0.29, 0.717) is 12.0 Å². The number of rotatable bonds is 4. The predicted octanol–water partition coefficient (Wildman–Crippen LogP) is 3.30. The van der Waals surface area contributed by atoms with E-state index in [2.05, 4.69) is 50.4 Å². The maximum atomic E-state index is 3.41. The van der Waals surface area contributed by atoms with Crippen LogP contribution in [-0.4, -0.2) is 7.05 Å². The molecule has 1 aromatic carbocycles. The Kier molecular flexibility index (Phi) is 4.15. The fraction of sp³-hybridized carbons (Fsp3) is 0.538. The fourth-order valence-corrected chi connectivity index (χ4v) is 1.92. The van der Waals surface area contributed by atoms with Crippen molar-refractivity contribution in [1.82, 2.24) is 5.32 Å². The molecule has 0 saturated carbocycles. The Balaban J connectivity index is 2.94. The molecule has 0 heterocycles. The van der Waals surface area contributed by atoms with Crippen LogP contribution in [0.1, 0.15) is 37.4 Å². The molecule has 0 aliphatic carbocycles. The van der Waals surface area contributed by atoms with Crippen molar-refractivity contribution in [2.75, 3.05) is 7.05 Å². The summed E-state index contributed by atoms with van der Waals surface area (Å²) in [7, 11) is 2.04. The second-order valence-corrected chi connectivity index (χ2v) is 4.01. The summed E-state index contributed by atoms with van der Waals surface area (Å²) in [5.41, 5.74) is 2.82. The zero-order valence-electron chi connectivity index (χ0n) is 9.67. The van der Waals surface area contributed by atoms with Crippen LogP contribution in [0.15, 0.2) is 24.3 Å². The van der Waals surface area contributed by atoms with Gasteiger partial charge in [-0.3, -0.25) is 0 Å². The molecule has 1 heteroatoms. The molecule has 0 radical (unpaired) electrons. The van der Waals surface area contributed by atoms with Gasteiger partial charge in [-0.05, 0) is 31.0 Å². The lowest BCUT2D eigenvalue weighted by atomic mass is 9.90. The average Bonchev–Trinajstić information content (AvgIpc) is 2.21. The van der Waals surface area contributed by atoms with Gasteiger partial charge in [0.15, 0.2) is 0 Å². The van der Waals surface area contributed by atoms with Gasteiger partial charge in [-0.25, -0.2) is 0 Å². The number of aryl methyl sites for hydroxylation is 1. The van der Waals surface area contributed by atoms with Crippen molar-refractivity contribution in [3.8, 4) is 0 Å². The van der Waals surface area contributed by atoms with Crippen LogP contribution in [0.25, 0.3) is 0 Å². The first-order valence-corrected chi connectivity index (χ1v) is 5.43. The minimum absolute atomic E-state index is 0.487. The summed E-state index contributed by atoms with van der Waals surface area (Å²) in [5.74, 6) is 0.682. The third-order valence-corrected chi connectivity index (χ3v) is 3.05. The molecule has 1 N–H and O–H groups in total. The third-order valence-electron chi connectivity index (χ3n) is 3.05. The highest BCUT2D eigenvalue weighted by molar-refractivity contribution is 5.29. The first-order valence-electron chi connectivity index (χ1n) is 5.43. The van der Waals surface area contributed by atoms with Crippen LogP contribution in [0.3, 0.4) is 0 Å². The lowest BCUT2D eigenvalue weighted by molar-refractivity contribution is 0.399. The van der Waals surface area contributed by atoms with Gasteiger partial charge < -0.3 is 5.32 Å². The molecular weight excluding hydrogens is 170 g/mol. The van der Waals surface area contributed by atoms with Crippen molar-refractivity contribution < 1.29 is 0 Å². The molecule has 0 fully saturated rings. The van der Waals surface area contributed by atoms with Crippen molar-refractivity contribution in [2.45, 2.75) is 33.2 Å². The van der Waals surface area contributed by atoms with E-state index in [0.717, 1.165) is 0 Å². The molecule has 1 aromatic rings. The summed E-state index contributed by atoms with van der Waals surface area (Å²) < 4.78 is 0. The number of hydrogen-bond acceptors (Lipinski definition) is 1. The van der Waals surface area contributed by atoms with E-state index in [1.165, 1.54) is 17.5 Å². The summed E-state index contributed by atoms with van der Waals surface area (Å²) in [4.78, 5) is 0. The number of benzene rings is 1. The van der Waals surface area contributed by atoms with Gasteiger partial charge in [0.1, 0.15) is 0 Å². The highest BCUT2D eigenvalue weighted by Crippen LogP contribution is 2.26. The molecule has 78 valence electrons. The first kappa shape index (κ1) is 11.3. The van der Waals surface area contributed by atoms with Gasteiger partial charge in [-0.2, -0.15) is 0 Å². The molecule has 2 atom stereocenters. The molecule has 0 spiro atoms. The predicted molar refractivity (Wildman–Crippen MR) is 62.4 cm³/mol. The molecule has 0 aromatic heterocycles. The van der Waals surface area contributed by atoms with Crippen LogP contribution in [0, 0.1) is 12.8 Å². The Labute approximate surface area is 87.5 Å². The van der Waals surface area contributed by atoms with E-state index in [1.54, 1.807) is 0 Å². The summed E-state index contributed by atoms with van der Waals surface area (Å²) in [5, 5.41) is 3.41. The molecule has 0 saturated heterocycles. The second kappa shape index (κ2) is 5.16.